The van der Waals surface area contributed by atoms with Gasteiger partial charge in [-0.3, -0.25) is 0 Å². The molecule has 0 fully saturated rings. The minimum Gasteiger partial charge on any atom is -0.477 e. The molecule has 20 heavy (non-hydrogen) atoms. The van der Waals surface area contributed by atoms with Crippen LogP contribution in [-0.2, 0) is 17.8 Å². The molecule has 1 aromatic carbocycles. The summed E-state index contributed by atoms with van der Waals surface area (Å²) in [4.78, 5) is 14.5. The van der Waals surface area contributed by atoms with Crippen LogP contribution >= 0.6 is 0 Å². The van der Waals surface area contributed by atoms with Gasteiger partial charge in [-0.05, 0) is 30.0 Å². The second kappa shape index (κ2) is 7.40. The average molecular weight is 271 g/mol. The highest BCUT2D eigenvalue weighted by molar-refractivity contribution is 5.85. The van der Waals surface area contributed by atoms with Crippen molar-refractivity contribution in [3.05, 3.63) is 65.5 Å². The topological polar surface area (TPSA) is 59.4 Å². The number of aromatic carboxylic acids is 1. The van der Waals surface area contributed by atoms with Crippen molar-refractivity contribution in [2.24, 2.45) is 0 Å². The first-order valence-corrected chi connectivity index (χ1v) is 6.55. The maximum Gasteiger partial charge on any atom is 0.354 e. The second-order valence-electron chi connectivity index (χ2n) is 4.50. The molecule has 0 atom stereocenters. The number of carboxylic acids is 1. The number of hydrogen-bond acceptors (Lipinski definition) is 3. The number of hydrogen-bond donors (Lipinski definition) is 1. The molecule has 4 heteroatoms. The summed E-state index contributed by atoms with van der Waals surface area (Å²) in [6.07, 6.45) is 3.34. The first-order valence-electron chi connectivity index (χ1n) is 6.55. The van der Waals surface area contributed by atoms with E-state index in [9.17, 15) is 4.79 Å². The van der Waals surface area contributed by atoms with Gasteiger partial charge in [0.15, 0.2) is 0 Å². The maximum absolute atomic E-state index is 10.7. The minimum absolute atomic E-state index is 0.0778. The van der Waals surface area contributed by atoms with Crippen LogP contribution in [0.25, 0.3) is 0 Å². The van der Waals surface area contributed by atoms with E-state index in [0.29, 0.717) is 13.2 Å². The van der Waals surface area contributed by atoms with Gasteiger partial charge in [-0.25, -0.2) is 9.78 Å². The average Bonchev–Trinajstić information content (AvgIpc) is 2.48. The molecule has 2 aromatic rings. The van der Waals surface area contributed by atoms with E-state index in [-0.39, 0.29) is 5.69 Å². The summed E-state index contributed by atoms with van der Waals surface area (Å²) in [7, 11) is 0. The van der Waals surface area contributed by atoms with E-state index in [1.54, 1.807) is 12.3 Å². The van der Waals surface area contributed by atoms with E-state index in [1.807, 2.05) is 30.3 Å². The van der Waals surface area contributed by atoms with Gasteiger partial charge in [0.05, 0.1) is 6.61 Å². The first-order chi connectivity index (χ1) is 9.75. The van der Waals surface area contributed by atoms with Crippen molar-refractivity contribution >= 4 is 5.97 Å². The van der Waals surface area contributed by atoms with Crippen molar-refractivity contribution in [3.63, 3.8) is 0 Å². The summed E-state index contributed by atoms with van der Waals surface area (Å²) in [5, 5.41) is 8.75. The lowest BCUT2D eigenvalue weighted by Gasteiger charge is -2.04. The van der Waals surface area contributed by atoms with Gasteiger partial charge in [-0.2, -0.15) is 0 Å². The lowest BCUT2D eigenvalue weighted by Crippen LogP contribution is -2.01. The van der Waals surface area contributed by atoms with Gasteiger partial charge in [0, 0.05) is 12.8 Å². The van der Waals surface area contributed by atoms with E-state index < -0.39 is 5.97 Å². The largest absolute Gasteiger partial charge is 0.477 e. The lowest BCUT2D eigenvalue weighted by atomic mass is 10.1. The van der Waals surface area contributed by atoms with E-state index in [4.69, 9.17) is 9.84 Å². The highest BCUT2D eigenvalue weighted by Gasteiger charge is 2.03. The smallest absolute Gasteiger partial charge is 0.354 e. The standard InChI is InChI=1S/C16H17NO3/c18-16(19)15-9-8-13(11-17-15)7-4-10-20-12-14-5-2-1-3-6-14/h1-3,5-6,8-9,11H,4,7,10,12H2,(H,18,19). The number of rotatable bonds is 7. The molecular formula is C16H17NO3. The quantitative estimate of drug-likeness (QED) is 0.787. The number of pyridine rings is 1. The number of ether oxygens (including phenoxy) is 1. The number of aromatic nitrogens is 1. The molecule has 0 aliphatic heterocycles. The third-order valence-corrected chi connectivity index (χ3v) is 2.91. The van der Waals surface area contributed by atoms with Crippen molar-refractivity contribution < 1.29 is 14.6 Å². The summed E-state index contributed by atoms with van der Waals surface area (Å²) >= 11 is 0. The Bertz CT molecular complexity index is 537. The van der Waals surface area contributed by atoms with Crippen molar-refractivity contribution in [1.82, 2.24) is 4.98 Å². The Morgan fingerprint density at radius 1 is 1.10 bits per heavy atom. The second-order valence-corrected chi connectivity index (χ2v) is 4.50. The minimum atomic E-state index is -0.997. The Kier molecular flexibility index (Phi) is 5.26. The summed E-state index contributed by atoms with van der Waals surface area (Å²) in [6.45, 7) is 1.30. The number of carbonyl (C=O) groups is 1. The van der Waals surface area contributed by atoms with Crippen LogP contribution in [0.3, 0.4) is 0 Å². The fourth-order valence-corrected chi connectivity index (χ4v) is 1.84. The van der Waals surface area contributed by atoms with E-state index in [1.165, 1.54) is 11.6 Å². The highest BCUT2D eigenvalue weighted by atomic mass is 16.5. The third-order valence-electron chi connectivity index (χ3n) is 2.91. The van der Waals surface area contributed by atoms with Gasteiger partial charge in [-0.15, -0.1) is 0 Å². The van der Waals surface area contributed by atoms with Gasteiger partial charge < -0.3 is 9.84 Å². The molecular weight excluding hydrogens is 254 g/mol. The molecule has 0 aliphatic rings. The molecule has 0 saturated carbocycles. The molecule has 0 radical (unpaired) electrons. The number of benzene rings is 1. The van der Waals surface area contributed by atoms with Gasteiger partial charge in [0.1, 0.15) is 5.69 Å². The van der Waals surface area contributed by atoms with Crippen LogP contribution in [-0.4, -0.2) is 22.7 Å². The summed E-state index contributed by atoms with van der Waals surface area (Å²) in [6, 6.07) is 13.4. The lowest BCUT2D eigenvalue weighted by molar-refractivity contribution is 0.0690. The normalized spacial score (nSPS) is 10.4. The fraction of sp³-hybridized carbons (Fsp3) is 0.250. The van der Waals surface area contributed by atoms with Crippen LogP contribution < -0.4 is 0 Å². The van der Waals surface area contributed by atoms with Crippen molar-refractivity contribution in [3.8, 4) is 0 Å². The van der Waals surface area contributed by atoms with Crippen molar-refractivity contribution in [1.29, 1.82) is 0 Å². The van der Waals surface area contributed by atoms with Gasteiger partial charge >= 0.3 is 5.97 Å². The molecule has 104 valence electrons. The number of nitrogens with zero attached hydrogens (tertiary/aromatic N) is 1. The van der Waals surface area contributed by atoms with Crippen LogP contribution in [0.1, 0.15) is 28.0 Å². The molecule has 4 nitrogen and oxygen atoms in total. The molecule has 1 N–H and O–H groups in total. The zero-order chi connectivity index (χ0) is 14.2. The molecule has 1 heterocycles. The Morgan fingerprint density at radius 2 is 1.90 bits per heavy atom. The zero-order valence-corrected chi connectivity index (χ0v) is 11.2. The van der Waals surface area contributed by atoms with Crippen LogP contribution in [0.5, 0.6) is 0 Å². The Morgan fingerprint density at radius 3 is 2.55 bits per heavy atom. The van der Waals surface area contributed by atoms with Gasteiger partial charge in [0.25, 0.3) is 0 Å². The number of aryl methyl sites for hydroxylation is 1. The maximum atomic E-state index is 10.7. The van der Waals surface area contributed by atoms with Crippen molar-refractivity contribution in [2.75, 3.05) is 6.61 Å². The zero-order valence-electron chi connectivity index (χ0n) is 11.2. The summed E-state index contributed by atoms with van der Waals surface area (Å²) in [5.41, 5.74) is 2.27. The van der Waals surface area contributed by atoms with Crippen LogP contribution in [0.4, 0.5) is 0 Å². The van der Waals surface area contributed by atoms with E-state index in [2.05, 4.69) is 4.98 Å². The monoisotopic (exact) mass is 271 g/mol. The summed E-state index contributed by atoms with van der Waals surface area (Å²) < 4.78 is 5.59. The van der Waals surface area contributed by atoms with Crippen LogP contribution in [0, 0.1) is 0 Å². The molecule has 0 spiro atoms. The van der Waals surface area contributed by atoms with Crippen LogP contribution in [0.15, 0.2) is 48.7 Å². The van der Waals surface area contributed by atoms with Crippen LogP contribution in [0.2, 0.25) is 0 Å². The fourth-order valence-electron chi connectivity index (χ4n) is 1.84. The van der Waals surface area contributed by atoms with Gasteiger partial charge in [-0.1, -0.05) is 36.4 Å². The Labute approximate surface area is 118 Å². The third kappa shape index (κ3) is 4.48. The predicted molar refractivity (Wildman–Crippen MR) is 75.6 cm³/mol. The van der Waals surface area contributed by atoms with E-state index >= 15 is 0 Å². The molecule has 0 unspecified atom stereocenters. The molecule has 0 bridgehead atoms. The molecule has 2 rings (SSSR count). The summed E-state index contributed by atoms with van der Waals surface area (Å²) in [5.74, 6) is -0.997. The predicted octanol–water partition coefficient (Wildman–Crippen LogP) is 2.93. The molecule has 1 aromatic heterocycles. The molecule has 0 aliphatic carbocycles. The number of carboxylic acid groups (broad SMARTS) is 1. The molecule has 0 saturated heterocycles. The Hall–Kier alpha value is -2.20. The van der Waals surface area contributed by atoms with Gasteiger partial charge in [0.2, 0.25) is 0 Å². The van der Waals surface area contributed by atoms with Crippen molar-refractivity contribution in [2.45, 2.75) is 19.4 Å². The molecule has 0 amide bonds. The SMILES string of the molecule is O=C(O)c1ccc(CCCOCc2ccccc2)cn1. The first kappa shape index (κ1) is 14.2. The van der Waals surface area contributed by atoms with E-state index in [0.717, 1.165) is 18.4 Å². The Balaban J connectivity index is 1.67. The highest BCUT2D eigenvalue weighted by Crippen LogP contribution is 2.05.